The highest BCUT2D eigenvalue weighted by Crippen LogP contribution is 2.19. The Bertz CT molecular complexity index is 844. The van der Waals surface area contributed by atoms with Crippen LogP contribution in [0, 0.1) is 0 Å². The first-order valence-electron chi connectivity index (χ1n) is 6.90. The van der Waals surface area contributed by atoms with Crippen molar-refractivity contribution in [3.05, 3.63) is 54.0 Å². The van der Waals surface area contributed by atoms with Crippen LogP contribution in [0.2, 0.25) is 0 Å². The van der Waals surface area contributed by atoms with Crippen molar-refractivity contribution in [3.63, 3.8) is 0 Å². The molecule has 0 unspecified atom stereocenters. The number of pyridine rings is 1. The molecule has 0 aliphatic rings. The van der Waals surface area contributed by atoms with Crippen molar-refractivity contribution >= 4 is 11.6 Å². The second-order valence-corrected chi connectivity index (χ2v) is 4.71. The number of nitrogens with zero attached hydrogens (tertiary/aromatic N) is 3. The van der Waals surface area contributed by atoms with Crippen molar-refractivity contribution < 1.29 is 19.0 Å². The van der Waals surface area contributed by atoms with E-state index in [0.717, 1.165) is 0 Å². The number of benzene rings is 1. The lowest BCUT2D eigenvalue weighted by atomic mass is 10.3. The maximum absolute atomic E-state index is 11.5. The number of aromatic nitrogens is 3. The Morgan fingerprint density at radius 1 is 1.17 bits per heavy atom. The Hall–Kier alpha value is -3.09. The molecule has 0 amide bonds. The van der Waals surface area contributed by atoms with Gasteiger partial charge in [0, 0.05) is 12.3 Å². The average Bonchev–Trinajstić information content (AvgIpc) is 3.01. The largest absolute Gasteiger partial charge is 0.497 e. The van der Waals surface area contributed by atoms with Crippen LogP contribution in [0.4, 0.5) is 0 Å². The van der Waals surface area contributed by atoms with Crippen LogP contribution in [0.3, 0.4) is 0 Å². The van der Waals surface area contributed by atoms with Crippen molar-refractivity contribution in [2.75, 3.05) is 14.2 Å². The lowest BCUT2D eigenvalue weighted by molar-refractivity contribution is 0.0600. The Labute approximate surface area is 132 Å². The number of methoxy groups -OCH3 is 2. The Balaban J connectivity index is 1.76. The van der Waals surface area contributed by atoms with E-state index in [1.54, 1.807) is 31.5 Å². The molecule has 3 aromatic rings. The van der Waals surface area contributed by atoms with Gasteiger partial charge in [-0.2, -0.15) is 0 Å². The van der Waals surface area contributed by atoms with E-state index in [-0.39, 0.29) is 6.61 Å². The summed E-state index contributed by atoms with van der Waals surface area (Å²) in [5.74, 6) is 1.47. The minimum absolute atomic E-state index is 0.211. The third-order valence-electron chi connectivity index (χ3n) is 3.21. The molecule has 0 saturated heterocycles. The first-order valence-corrected chi connectivity index (χ1v) is 6.90. The molecule has 118 valence electrons. The van der Waals surface area contributed by atoms with Gasteiger partial charge in [-0.3, -0.25) is 0 Å². The second-order valence-electron chi connectivity index (χ2n) is 4.71. The summed E-state index contributed by atoms with van der Waals surface area (Å²) in [6, 6.07) is 10.6. The third-order valence-corrected chi connectivity index (χ3v) is 3.21. The number of fused-ring (bicyclic) bond motifs is 1. The monoisotopic (exact) mass is 313 g/mol. The molecule has 3 rings (SSSR count). The van der Waals surface area contributed by atoms with Crippen LogP contribution in [0.5, 0.6) is 11.5 Å². The van der Waals surface area contributed by atoms with E-state index in [4.69, 9.17) is 9.47 Å². The fourth-order valence-electron chi connectivity index (χ4n) is 2.07. The van der Waals surface area contributed by atoms with Gasteiger partial charge in [0.25, 0.3) is 0 Å². The normalized spacial score (nSPS) is 10.5. The predicted molar refractivity (Wildman–Crippen MR) is 81.7 cm³/mol. The first kappa shape index (κ1) is 14.8. The summed E-state index contributed by atoms with van der Waals surface area (Å²) in [4.78, 5) is 15.9. The predicted octanol–water partition coefficient (Wildman–Crippen LogP) is 2.10. The van der Waals surface area contributed by atoms with Crippen LogP contribution in [-0.2, 0) is 11.3 Å². The van der Waals surface area contributed by atoms with Crippen molar-refractivity contribution in [1.29, 1.82) is 0 Å². The Morgan fingerprint density at radius 2 is 2.00 bits per heavy atom. The minimum Gasteiger partial charge on any atom is -0.497 e. The molecule has 0 atom stereocenters. The Morgan fingerprint density at radius 3 is 2.78 bits per heavy atom. The van der Waals surface area contributed by atoms with Gasteiger partial charge in [-0.1, -0.05) is 6.07 Å². The summed E-state index contributed by atoms with van der Waals surface area (Å²) in [6.07, 6.45) is 1.57. The topological polar surface area (TPSA) is 75.0 Å². The SMILES string of the molecule is COC(=O)c1ccc2nc(COc3cccc(OC)c3)nn2c1. The van der Waals surface area contributed by atoms with Gasteiger partial charge in [0.2, 0.25) is 0 Å². The maximum atomic E-state index is 11.5. The zero-order valence-electron chi connectivity index (χ0n) is 12.7. The summed E-state index contributed by atoms with van der Waals surface area (Å²) in [5.41, 5.74) is 1.03. The van der Waals surface area contributed by atoms with E-state index in [9.17, 15) is 4.79 Å². The maximum Gasteiger partial charge on any atom is 0.339 e. The van der Waals surface area contributed by atoms with Crippen LogP contribution in [-0.4, -0.2) is 34.8 Å². The molecule has 23 heavy (non-hydrogen) atoms. The lowest BCUT2D eigenvalue weighted by Gasteiger charge is -2.05. The molecular weight excluding hydrogens is 298 g/mol. The fourth-order valence-corrected chi connectivity index (χ4v) is 2.07. The summed E-state index contributed by atoms with van der Waals surface area (Å²) in [6.45, 7) is 0.211. The van der Waals surface area contributed by atoms with Gasteiger partial charge in [-0.15, -0.1) is 5.10 Å². The van der Waals surface area contributed by atoms with Crippen LogP contribution < -0.4 is 9.47 Å². The minimum atomic E-state index is -0.420. The molecule has 2 heterocycles. The number of carbonyl (C=O) groups excluding carboxylic acids is 1. The fraction of sp³-hybridized carbons (Fsp3) is 0.188. The van der Waals surface area contributed by atoms with E-state index in [2.05, 4.69) is 14.8 Å². The molecule has 0 aliphatic carbocycles. The summed E-state index contributed by atoms with van der Waals surface area (Å²) in [5, 5.41) is 4.29. The number of hydrogen-bond acceptors (Lipinski definition) is 6. The van der Waals surface area contributed by atoms with Crippen LogP contribution >= 0.6 is 0 Å². The lowest BCUT2D eigenvalue weighted by Crippen LogP contribution is -2.03. The average molecular weight is 313 g/mol. The summed E-state index contributed by atoms with van der Waals surface area (Å²) >= 11 is 0. The first-order chi connectivity index (χ1) is 11.2. The number of rotatable bonds is 5. The van der Waals surface area contributed by atoms with Crippen molar-refractivity contribution in [2.24, 2.45) is 0 Å². The molecule has 7 nitrogen and oxygen atoms in total. The van der Waals surface area contributed by atoms with Crippen molar-refractivity contribution in [1.82, 2.24) is 14.6 Å². The van der Waals surface area contributed by atoms with E-state index >= 15 is 0 Å². The number of carbonyl (C=O) groups is 1. The second kappa shape index (κ2) is 6.35. The summed E-state index contributed by atoms with van der Waals surface area (Å²) < 4.78 is 17.0. The van der Waals surface area contributed by atoms with Gasteiger partial charge in [-0.25, -0.2) is 14.3 Å². The highest BCUT2D eigenvalue weighted by Gasteiger charge is 2.09. The quantitative estimate of drug-likeness (QED) is 0.672. The number of esters is 1. The third kappa shape index (κ3) is 3.23. The molecular formula is C16H15N3O4. The summed E-state index contributed by atoms with van der Waals surface area (Å²) in [7, 11) is 2.93. The highest BCUT2D eigenvalue weighted by molar-refractivity contribution is 5.89. The van der Waals surface area contributed by atoms with Gasteiger partial charge in [0.05, 0.1) is 19.8 Å². The molecule has 0 bridgehead atoms. The van der Waals surface area contributed by atoms with Gasteiger partial charge < -0.3 is 14.2 Å². The van der Waals surface area contributed by atoms with Crippen molar-refractivity contribution in [3.8, 4) is 11.5 Å². The standard InChI is InChI=1S/C16H15N3O4/c1-21-12-4-3-5-13(8-12)23-10-14-17-15-7-6-11(16(20)22-2)9-19(15)18-14/h3-9H,10H2,1-2H3. The molecule has 7 heteroatoms. The highest BCUT2D eigenvalue weighted by atomic mass is 16.5. The van der Waals surface area contributed by atoms with E-state index in [1.165, 1.54) is 11.6 Å². The van der Waals surface area contributed by atoms with Gasteiger partial charge in [0.1, 0.15) is 18.1 Å². The van der Waals surface area contributed by atoms with Crippen LogP contribution in [0.15, 0.2) is 42.6 Å². The molecule has 0 fully saturated rings. The van der Waals surface area contributed by atoms with Crippen molar-refractivity contribution in [2.45, 2.75) is 6.61 Å². The molecule has 0 saturated carbocycles. The van der Waals surface area contributed by atoms with Crippen LogP contribution in [0.1, 0.15) is 16.2 Å². The molecule has 2 aromatic heterocycles. The van der Waals surface area contributed by atoms with Gasteiger partial charge in [0.15, 0.2) is 11.5 Å². The molecule has 1 aromatic carbocycles. The smallest absolute Gasteiger partial charge is 0.339 e. The van der Waals surface area contributed by atoms with E-state index in [0.29, 0.717) is 28.5 Å². The zero-order chi connectivity index (χ0) is 16.2. The number of ether oxygens (including phenoxy) is 3. The molecule has 0 spiro atoms. The van der Waals surface area contributed by atoms with Crippen LogP contribution in [0.25, 0.3) is 5.65 Å². The zero-order valence-corrected chi connectivity index (χ0v) is 12.7. The molecule has 0 radical (unpaired) electrons. The number of hydrogen-bond donors (Lipinski definition) is 0. The van der Waals surface area contributed by atoms with E-state index in [1.807, 2.05) is 18.2 Å². The van der Waals surface area contributed by atoms with Gasteiger partial charge in [-0.05, 0) is 24.3 Å². The Kier molecular flexibility index (Phi) is 4.09. The van der Waals surface area contributed by atoms with Gasteiger partial charge >= 0.3 is 5.97 Å². The molecule has 0 aliphatic heterocycles. The van der Waals surface area contributed by atoms with E-state index < -0.39 is 5.97 Å². The molecule has 0 N–H and O–H groups in total.